The lowest BCUT2D eigenvalue weighted by molar-refractivity contribution is 0.0724. The molecule has 2 aliphatic carbocycles. The lowest BCUT2D eigenvalue weighted by Gasteiger charge is -2.39. The molecular formula is C67H62O9. The molecule has 8 aromatic carbocycles. The number of methoxy groups -OCH3 is 1. The van der Waals surface area contributed by atoms with Crippen molar-refractivity contribution < 1.29 is 42.9 Å². The highest BCUT2D eigenvalue weighted by molar-refractivity contribution is 6.00. The number of esters is 3. The van der Waals surface area contributed by atoms with Crippen LogP contribution in [-0.2, 0) is 10.8 Å². The predicted octanol–water partition coefficient (Wildman–Crippen LogP) is 15.8. The van der Waals surface area contributed by atoms with E-state index >= 15 is 0 Å². The number of hydrogen-bond donors (Lipinski definition) is 0. The monoisotopic (exact) mass is 1010 g/mol. The number of rotatable bonds is 14. The summed E-state index contributed by atoms with van der Waals surface area (Å²) in [5.41, 5.74) is 9.96. The van der Waals surface area contributed by atoms with E-state index < -0.39 is 17.9 Å². The average Bonchev–Trinajstić information content (AvgIpc) is 3.94. The molecule has 2 saturated carbocycles. The topological polar surface area (TPSA) is 114 Å². The highest BCUT2D eigenvalue weighted by Crippen LogP contribution is 2.49. The van der Waals surface area contributed by atoms with E-state index in [-0.39, 0.29) is 16.6 Å². The van der Waals surface area contributed by atoms with Crippen molar-refractivity contribution in [3.05, 3.63) is 224 Å². The van der Waals surface area contributed by atoms with Gasteiger partial charge in [0.1, 0.15) is 34.5 Å². The Hall–Kier alpha value is -8.30. The summed E-state index contributed by atoms with van der Waals surface area (Å²) in [6, 6.07) is 49.2. The Morgan fingerprint density at radius 2 is 0.697 bits per heavy atom. The van der Waals surface area contributed by atoms with Gasteiger partial charge >= 0.3 is 17.9 Å². The largest absolute Gasteiger partial charge is 0.496 e. The SMILES string of the molecule is COc1ccc(C2(c3ccc(OC(=O)c4ccc5cc(C(=O)Oc6ccc(C7(c8ccc(OC(=O)c9ccc(Oc%10ccc(C(C)=O)cc%10)cc9)c(C)c8)CCCC7)cc6C)ccc5c4)c(C)c3)CCCCC2)cc1C. The van der Waals surface area contributed by atoms with E-state index in [1.807, 2.05) is 51.1 Å². The molecule has 0 radical (unpaired) electrons. The van der Waals surface area contributed by atoms with Gasteiger partial charge in [0.2, 0.25) is 0 Å². The van der Waals surface area contributed by atoms with Gasteiger partial charge in [-0.3, -0.25) is 4.79 Å². The molecule has 0 spiro atoms. The molecule has 0 atom stereocenters. The Kier molecular flexibility index (Phi) is 14.5. The van der Waals surface area contributed by atoms with E-state index in [1.54, 1.807) is 79.9 Å². The first-order valence-corrected chi connectivity index (χ1v) is 26.3. The molecule has 10 rings (SSSR count). The number of Topliss-reactive ketones (excluding diaryl/α,β-unsaturated/α-hetero) is 1. The summed E-state index contributed by atoms with van der Waals surface area (Å²) < 4.78 is 29.4. The number of ketones is 1. The van der Waals surface area contributed by atoms with Crippen LogP contribution in [0.2, 0.25) is 0 Å². The van der Waals surface area contributed by atoms with Crippen LogP contribution in [-0.4, -0.2) is 30.8 Å². The van der Waals surface area contributed by atoms with Crippen molar-refractivity contribution in [1.82, 2.24) is 0 Å². The Morgan fingerprint density at radius 1 is 0.368 bits per heavy atom. The molecule has 0 saturated heterocycles. The van der Waals surface area contributed by atoms with Crippen LogP contribution < -0.4 is 23.7 Å². The zero-order valence-corrected chi connectivity index (χ0v) is 44.0. The van der Waals surface area contributed by atoms with Crippen molar-refractivity contribution in [2.24, 2.45) is 0 Å². The second-order valence-electron chi connectivity index (χ2n) is 20.7. The van der Waals surface area contributed by atoms with Crippen LogP contribution in [0.3, 0.4) is 0 Å². The van der Waals surface area contributed by atoms with Crippen molar-refractivity contribution >= 4 is 34.5 Å². The van der Waals surface area contributed by atoms with Crippen molar-refractivity contribution in [2.75, 3.05) is 7.11 Å². The summed E-state index contributed by atoms with van der Waals surface area (Å²) in [4.78, 5) is 52.3. The number of hydrogen-bond acceptors (Lipinski definition) is 9. The zero-order valence-electron chi connectivity index (χ0n) is 44.0. The van der Waals surface area contributed by atoms with Crippen LogP contribution in [0.4, 0.5) is 0 Å². The van der Waals surface area contributed by atoms with Gasteiger partial charge in [0.15, 0.2) is 5.78 Å². The van der Waals surface area contributed by atoms with Gasteiger partial charge in [0, 0.05) is 16.4 Å². The molecule has 2 aliphatic rings. The third-order valence-corrected chi connectivity index (χ3v) is 15.8. The van der Waals surface area contributed by atoms with Crippen molar-refractivity contribution in [3.63, 3.8) is 0 Å². The molecule has 0 heterocycles. The molecular weight excluding hydrogens is 949 g/mol. The zero-order chi connectivity index (χ0) is 53.1. The highest BCUT2D eigenvalue weighted by atomic mass is 16.5. The van der Waals surface area contributed by atoms with E-state index in [0.717, 1.165) is 101 Å². The van der Waals surface area contributed by atoms with E-state index in [9.17, 15) is 19.2 Å². The highest BCUT2D eigenvalue weighted by Gasteiger charge is 2.39. The summed E-state index contributed by atoms with van der Waals surface area (Å²) in [7, 11) is 1.71. The second kappa shape index (κ2) is 21.5. The second-order valence-corrected chi connectivity index (χ2v) is 20.7. The lowest BCUT2D eigenvalue weighted by atomic mass is 9.65. The molecule has 2 fully saturated rings. The van der Waals surface area contributed by atoms with E-state index in [4.69, 9.17) is 23.7 Å². The summed E-state index contributed by atoms with van der Waals surface area (Å²) in [5, 5.41) is 1.59. The third-order valence-electron chi connectivity index (χ3n) is 15.8. The van der Waals surface area contributed by atoms with Gasteiger partial charge in [-0.15, -0.1) is 0 Å². The van der Waals surface area contributed by atoms with Crippen molar-refractivity contribution in [3.8, 4) is 34.5 Å². The number of benzene rings is 8. The lowest BCUT2D eigenvalue weighted by Crippen LogP contribution is -2.30. The van der Waals surface area contributed by atoms with Crippen molar-refractivity contribution in [1.29, 1.82) is 0 Å². The number of carbonyl (C=O) groups is 4. The van der Waals surface area contributed by atoms with Crippen LogP contribution in [0.1, 0.15) is 151 Å². The molecule has 0 bridgehead atoms. The summed E-state index contributed by atoms with van der Waals surface area (Å²) in [6.07, 6.45) is 9.70. The molecule has 0 N–H and O–H groups in total. The molecule has 0 unspecified atom stereocenters. The van der Waals surface area contributed by atoms with Crippen LogP contribution in [0.15, 0.2) is 158 Å². The Balaban J connectivity index is 0.780. The minimum absolute atomic E-state index is 0.0171. The van der Waals surface area contributed by atoms with Gasteiger partial charge in [-0.1, -0.05) is 92.8 Å². The number of fused-ring (bicyclic) bond motifs is 1. The maximum Gasteiger partial charge on any atom is 0.343 e. The Bertz CT molecular complexity index is 3520. The van der Waals surface area contributed by atoms with Gasteiger partial charge in [-0.05, 0) is 213 Å². The van der Waals surface area contributed by atoms with Crippen LogP contribution >= 0.6 is 0 Å². The normalized spacial score (nSPS) is 14.7. The molecule has 384 valence electrons. The quantitative estimate of drug-likeness (QED) is 0.0597. The van der Waals surface area contributed by atoms with Gasteiger partial charge in [0.05, 0.1) is 23.8 Å². The molecule has 0 amide bonds. The minimum Gasteiger partial charge on any atom is -0.496 e. The summed E-state index contributed by atoms with van der Waals surface area (Å²) in [5.74, 6) is 2.09. The maximum absolute atomic E-state index is 13.7. The molecule has 0 aromatic heterocycles. The molecule has 8 aromatic rings. The smallest absolute Gasteiger partial charge is 0.343 e. The van der Waals surface area contributed by atoms with Crippen LogP contribution in [0.25, 0.3) is 10.8 Å². The van der Waals surface area contributed by atoms with Crippen molar-refractivity contribution in [2.45, 2.75) is 103 Å². The van der Waals surface area contributed by atoms with E-state index in [2.05, 4.69) is 61.5 Å². The average molecular weight is 1010 g/mol. The Morgan fingerprint density at radius 3 is 1.05 bits per heavy atom. The predicted molar refractivity (Wildman–Crippen MR) is 296 cm³/mol. The molecule has 76 heavy (non-hydrogen) atoms. The van der Waals surface area contributed by atoms with E-state index in [1.165, 1.54) is 24.5 Å². The van der Waals surface area contributed by atoms with Gasteiger partial charge < -0.3 is 23.7 Å². The van der Waals surface area contributed by atoms with Crippen LogP contribution in [0.5, 0.6) is 34.5 Å². The fourth-order valence-electron chi connectivity index (χ4n) is 11.5. The fourth-order valence-corrected chi connectivity index (χ4v) is 11.5. The third kappa shape index (κ3) is 10.4. The standard InChI is InChI=1S/C67H62O9/c1-42-36-53(20-28-59(42)72-6)66(32-8-7-9-33-66)54-22-30-61(44(3)38-54)75-64(70)51-14-12-50-41-52(15-13-49(50)40-51)65(71)76-62-31-23-56(39-45(62)4)67(34-10-11-35-67)55-21-29-60(43(2)37-55)74-63(69)48-18-26-58(27-19-48)73-57-24-16-47(17-25-57)46(5)68/h12-31,36-41H,7-11,32-35H2,1-6H3. The van der Waals surface area contributed by atoms with Gasteiger partial charge in [-0.2, -0.15) is 0 Å². The summed E-state index contributed by atoms with van der Waals surface area (Å²) >= 11 is 0. The molecule has 9 heteroatoms. The fraction of sp³-hybridized carbons (Fsp3) is 0.254. The minimum atomic E-state index is -0.477. The van der Waals surface area contributed by atoms with Crippen LogP contribution in [0, 0.1) is 27.7 Å². The molecule has 9 nitrogen and oxygen atoms in total. The summed E-state index contributed by atoms with van der Waals surface area (Å²) in [6.45, 7) is 9.52. The first-order valence-electron chi connectivity index (χ1n) is 26.3. The number of carbonyl (C=O) groups excluding carboxylic acids is 4. The number of ether oxygens (including phenoxy) is 5. The number of aryl methyl sites for hydroxylation is 4. The Labute approximate surface area is 444 Å². The molecule has 0 aliphatic heterocycles. The maximum atomic E-state index is 13.7. The van der Waals surface area contributed by atoms with Gasteiger partial charge in [0.25, 0.3) is 0 Å². The first-order chi connectivity index (χ1) is 36.7. The first kappa shape index (κ1) is 51.2. The van der Waals surface area contributed by atoms with E-state index in [0.29, 0.717) is 51.0 Å². The van der Waals surface area contributed by atoms with Gasteiger partial charge in [-0.25, -0.2) is 14.4 Å².